The number of fused-ring (bicyclic) bond motifs is 2. The van der Waals surface area contributed by atoms with Crippen LogP contribution in [0, 0.1) is 5.41 Å². The van der Waals surface area contributed by atoms with Crippen molar-refractivity contribution >= 4 is 16.9 Å². The van der Waals surface area contributed by atoms with Gasteiger partial charge in [0.25, 0.3) is 0 Å². The SMILES string of the molecule is Nc1ncnc2[nH]c(C(F)(F)F)cc12.c1ccc2c(c1)CC[C@H](N1CC3(CCOCC3)C1)C2. The number of alkyl halides is 3. The number of rotatable bonds is 1. The third kappa shape index (κ3) is 4.56. The Hall–Kier alpha value is -2.65. The smallest absolute Gasteiger partial charge is 0.383 e. The van der Waals surface area contributed by atoms with Crippen LogP contribution in [0.1, 0.15) is 36.1 Å². The van der Waals surface area contributed by atoms with E-state index in [2.05, 4.69) is 44.1 Å². The summed E-state index contributed by atoms with van der Waals surface area (Å²) in [5, 5.41) is 0.180. The van der Waals surface area contributed by atoms with Crippen LogP contribution in [-0.2, 0) is 23.8 Å². The summed E-state index contributed by atoms with van der Waals surface area (Å²) in [6.45, 7) is 4.62. The molecule has 1 aliphatic carbocycles. The molecule has 1 spiro atoms. The van der Waals surface area contributed by atoms with Crippen molar-refractivity contribution in [2.75, 3.05) is 32.0 Å². The average Bonchev–Trinajstić information content (AvgIpc) is 3.25. The number of nitrogens with one attached hydrogen (secondary N) is 1. The Morgan fingerprint density at radius 2 is 1.82 bits per heavy atom. The van der Waals surface area contributed by atoms with E-state index >= 15 is 0 Å². The van der Waals surface area contributed by atoms with E-state index in [4.69, 9.17) is 10.5 Å². The summed E-state index contributed by atoms with van der Waals surface area (Å²) in [5.41, 5.74) is 8.38. The van der Waals surface area contributed by atoms with Crippen molar-refractivity contribution in [3.05, 3.63) is 53.5 Å². The maximum absolute atomic E-state index is 12.2. The maximum Gasteiger partial charge on any atom is 0.431 e. The Morgan fingerprint density at radius 1 is 1.09 bits per heavy atom. The number of nitrogens with two attached hydrogens (primary N) is 1. The van der Waals surface area contributed by atoms with Crippen LogP contribution in [-0.4, -0.2) is 52.2 Å². The number of H-pyrrole nitrogens is 1. The monoisotopic (exact) mass is 459 g/mol. The highest BCUT2D eigenvalue weighted by Gasteiger charge is 2.46. The zero-order valence-corrected chi connectivity index (χ0v) is 18.4. The number of likely N-dealkylation sites (tertiary alicyclic amines) is 1. The van der Waals surface area contributed by atoms with Gasteiger partial charge in [-0.3, -0.25) is 4.90 Å². The van der Waals surface area contributed by atoms with Gasteiger partial charge >= 0.3 is 6.18 Å². The number of aromatic amines is 1. The van der Waals surface area contributed by atoms with Crippen LogP contribution < -0.4 is 5.73 Å². The predicted octanol–water partition coefficient (Wildman–Crippen LogP) is 4.22. The Morgan fingerprint density at radius 3 is 2.52 bits per heavy atom. The summed E-state index contributed by atoms with van der Waals surface area (Å²) < 4.78 is 42.2. The van der Waals surface area contributed by atoms with E-state index < -0.39 is 11.9 Å². The van der Waals surface area contributed by atoms with Gasteiger partial charge in [0.15, 0.2) is 0 Å². The summed E-state index contributed by atoms with van der Waals surface area (Å²) in [6, 6.07) is 10.7. The minimum Gasteiger partial charge on any atom is -0.383 e. The molecule has 3 aliphatic rings. The van der Waals surface area contributed by atoms with E-state index in [1.807, 2.05) is 0 Å². The number of anilines is 1. The normalized spacial score (nSPS) is 22.3. The van der Waals surface area contributed by atoms with Crippen molar-refractivity contribution in [3.8, 4) is 0 Å². The number of nitrogen functional groups attached to an aromatic ring is 1. The molecule has 0 bridgehead atoms. The molecule has 2 aromatic heterocycles. The van der Waals surface area contributed by atoms with Crippen LogP contribution in [0.5, 0.6) is 0 Å². The first-order valence-electron chi connectivity index (χ1n) is 11.4. The quantitative estimate of drug-likeness (QED) is 0.570. The van der Waals surface area contributed by atoms with Crippen molar-refractivity contribution in [1.29, 1.82) is 0 Å². The van der Waals surface area contributed by atoms with Crippen LogP contribution >= 0.6 is 0 Å². The van der Waals surface area contributed by atoms with E-state index in [1.165, 1.54) is 45.2 Å². The molecule has 6 rings (SSSR count). The van der Waals surface area contributed by atoms with Crippen LogP contribution in [0.2, 0.25) is 0 Å². The number of nitrogens with zero attached hydrogens (tertiary/aromatic N) is 3. The lowest BCUT2D eigenvalue weighted by Crippen LogP contribution is -2.62. The van der Waals surface area contributed by atoms with Gasteiger partial charge in [-0.05, 0) is 49.3 Å². The fourth-order valence-corrected chi connectivity index (χ4v) is 5.30. The van der Waals surface area contributed by atoms with Gasteiger partial charge in [0.1, 0.15) is 23.5 Å². The summed E-state index contributed by atoms with van der Waals surface area (Å²) >= 11 is 0. The van der Waals surface area contributed by atoms with Crippen molar-refractivity contribution < 1.29 is 17.9 Å². The molecular weight excluding hydrogens is 431 g/mol. The average molecular weight is 460 g/mol. The molecule has 3 aromatic rings. The Kier molecular flexibility index (Phi) is 5.78. The molecule has 2 aliphatic heterocycles. The molecule has 0 saturated carbocycles. The van der Waals surface area contributed by atoms with Crippen LogP contribution in [0.25, 0.3) is 11.0 Å². The van der Waals surface area contributed by atoms with Crippen molar-refractivity contribution in [2.24, 2.45) is 5.41 Å². The van der Waals surface area contributed by atoms with Crippen molar-refractivity contribution in [2.45, 2.75) is 44.3 Å². The van der Waals surface area contributed by atoms with E-state index in [0.29, 0.717) is 5.41 Å². The lowest BCUT2D eigenvalue weighted by Gasteiger charge is -2.55. The van der Waals surface area contributed by atoms with Crippen LogP contribution in [0.3, 0.4) is 0 Å². The third-order valence-electron chi connectivity index (χ3n) is 7.23. The summed E-state index contributed by atoms with van der Waals surface area (Å²) in [7, 11) is 0. The van der Waals surface area contributed by atoms with Gasteiger partial charge in [-0.15, -0.1) is 0 Å². The molecule has 9 heteroatoms. The Balaban J connectivity index is 0.000000146. The zero-order valence-electron chi connectivity index (χ0n) is 18.4. The van der Waals surface area contributed by atoms with E-state index in [-0.39, 0.29) is 16.9 Å². The van der Waals surface area contributed by atoms with Gasteiger partial charge in [0.2, 0.25) is 0 Å². The first kappa shape index (κ1) is 22.2. The number of benzene rings is 1. The fourth-order valence-electron chi connectivity index (χ4n) is 5.30. The Labute approximate surface area is 190 Å². The van der Waals surface area contributed by atoms with Crippen molar-refractivity contribution in [1.82, 2.24) is 19.9 Å². The number of aromatic nitrogens is 3. The molecule has 33 heavy (non-hydrogen) atoms. The topological polar surface area (TPSA) is 80.1 Å². The lowest BCUT2D eigenvalue weighted by molar-refractivity contribution is -0.140. The highest BCUT2D eigenvalue weighted by atomic mass is 19.4. The lowest BCUT2D eigenvalue weighted by atomic mass is 9.71. The second-order valence-electron chi connectivity index (χ2n) is 9.38. The first-order chi connectivity index (χ1) is 15.8. The third-order valence-corrected chi connectivity index (χ3v) is 7.23. The number of hydrogen-bond acceptors (Lipinski definition) is 5. The molecule has 1 aromatic carbocycles. The fraction of sp³-hybridized carbons (Fsp3) is 0.500. The molecule has 0 amide bonds. The minimum absolute atomic E-state index is 0.0294. The predicted molar refractivity (Wildman–Crippen MR) is 120 cm³/mol. The first-order valence-corrected chi connectivity index (χ1v) is 11.4. The molecule has 1 atom stereocenters. The van der Waals surface area contributed by atoms with Gasteiger partial charge in [-0.1, -0.05) is 24.3 Å². The highest BCUT2D eigenvalue weighted by molar-refractivity contribution is 5.86. The molecule has 2 fully saturated rings. The zero-order chi connectivity index (χ0) is 23.1. The molecule has 4 heterocycles. The van der Waals surface area contributed by atoms with Gasteiger partial charge in [0, 0.05) is 37.8 Å². The second-order valence-corrected chi connectivity index (χ2v) is 9.38. The largest absolute Gasteiger partial charge is 0.431 e. The summed E-state index contributed by atoms with van der Waals surface area (Å²) in [6.07, 6.45) is 3.14. The molecule has 176 valence electrons. The maximum atomic E-state index is 12.2. The Bertz CT molecular complexity index is 1110. The summed E-state index contributed by atoms with van der Waals surface area (Å²) in [4.78, 5) is 12.1. The highest BCUT2D eigenvalue weighted by Crippen LogP contribution is 2.42. The van der Waals surface area contributed by atoms with E-state index in [9.17, 15) is 13.2 Å². The van der Waals surface area contributed by atoms with Gasteiger partial charge in [-0.2, -0.15) is 13.2 Å². The van der Waals surface area contributed by atoms with Gasteiger partial charge < -0.3 is 15.5 Å². The number of halogens is 3. The molecule has 3 N–H and O–H groups in total. The molecule has 6 nitrogen and oxygen atoms in total. The molecule has 2 saturated heterocycles. The van der Waals surface area contributed by atoms with E-state index in [0.717, 1.165) is 31.6 Å². The van der Waals surface area contributed by atoms with Crippen LogP contribution in [0.15, 0.2) is 36.7 Å². The van der Waals surface area contributed by atoms with Gasteiger partial charge in [0.05, 0.1) is 5.39 Å². The summed E-state index contributed by atoms with van der Waals surface area (Å²) in [5.74, 6) is 0.0294. The molecular formula is C24H28F3N5O. The minimum atomic E-state index is -4.42. The number of hydrogen-bond donors (Lipinski definition) is 2. The second kappa shape index (κ2) is 8.61. The number of ether oxygens (including phenoxy) is 1. The van der Waals surface area contributed by atoms with E-state index in [1.54, 1.807) is 11.1 Å². The van der Waals surface area contributed by atoms with Crippen molar-refractivity contribution in [3.63, 3.8) is 0 Å². The molecule has 0 radical (unpaired) electrons. The molecule has 0 unspecified atom stereocenters. The standard InChI is InChI=1S/C17H23NO.C7H5F3N4/c1-2-4-15-11-16(6-5-14(15)3-1)18-12-17(13-18)7-9-19-10-8-17;8-7(9,10)4-1-3-5(11)12-2-13-6(3)14-4/h1-4,16H,5-13H2;1-2H,(H3,11,12,13,14)/t16-;/m0./s1. The van der Waals surface area contributed by atoms with Gasteiger partial charge in [-0.25, -0.2) is 9.97 Å². The van der Waals surface area contributed by atoms with Crippen LogP contribution in [0.4, 0.5) is 19.0 Å². The number of aryl methyl sites for hydroxylation is 1.